The van der Waals surface area contributed by atoms with Crippen molar-refractivity contribution in [3.63, 3.8) is 0 Å². The molecule has 1 aliphatic heterocycles. The lowest BCUT2D eigenvalue weighted by Gasteiger charge is -2.26. The zero-order valence-electron chi connectivity index (χ0n) is 11.7. The maximum Gasteiger partial charge on any atom is 0.119 e. The third kappa shape index (κ3) is 5.05. The van der Waals surface area contributed by atoms with Crippen LogP contribution in [0.5, 0.6) is 5.75 Å². The minimum absolute atomic E-state index is 0.744. The zero-order chi connectivity index (χ0) is 13.3. The maximum atomic E-state index is 5.77. The van der Waals surface area contributed by atoms with Gasteiger partial charge in [0.25, 0.3) is 0 Å². The van der Waals surface area contributed by atoms with Crippen LogP contribution in [0.15, 0.2) is 36.4 Å². The minimum Gasteiger partial charge on any atom is -0.492 e. The largest absolute Gasteiger partial charge is 0.492 e. The quantitative estimate of drug-likeness (QED) is 0.734. The van der Waals surface area contributed by atoms with Gasteiger partial charge in [-0.3, -0.25) is 4.90 Å². The number of allylic oxidation sites excluding steroid dienone is 2. The molecule has 0 unspecified atom stereocenters. The molecule has 0 amide bonds. The van der Waals surface area contributed by atoms with Crippen LogP contribution < -0.4 is 4.74 Å². The molecule has 3 nitrogen and oxygen atoms in total. The molecule has 1 fully saturated rings. The number of benzene rings is 1. The molecule has 19 heavy (non-hydrogen) atoms. The fourth-order valence-electron chi connectivity index (χ4n) is 2.09. The van der Waals surface area contributed by atoms with Gasteiger partial charge in [0.15, 0.2) is 0 Å². The highest BCUT2D eigenvalue weighted by Gasteiger charge is 2.09. The summed E-state index contributed by atoms with van der Waals surface area (Å²) in [4.78, 5) is 2.38. The lowest BCUT2D eigenvalue weighted by molar-refractivity contribution is 0.0322. The van der Waals surface area contributed by atoms with Gasteiger partial charge in [-0.05, 0) is 31.0 Å². The Labute approximate surface area is 115 Å². The Bertz CT molecular complexity index is 380. The Hall–Kier alpha value is -1.32. The van der Waals surface area contributed by atoms with Crippen LogP contribution in [0.25, 0.3) is 0 Å². The lowest BCUT2D eigenvalue weighted by atomic mass is 10.1. The van der Waals surface area contributed by atoms with Crippen molar-refractivity contribution in [2.75, 3.05) is 39.5 Å². The number of nitrogens with zero attached hydrogens (tertiary/aromatic N) is 1. The van der Waals surface area contributed by atoms with Gasteiger partial charge in [0.2, 0.25) is 0 Å². The Kier molecular flexibility index (Phi) is 5.92. The number of hydrogen-bond donors (Lipinski definition) is 0. The van der Waals surface area contributed by atoms with Crippen LogP contribution in [0.1, 0.15) is 12.5 Å². The first-order valence-corrected chi connectivity index (χ1v) is 7.01. The van der Waals surface area contributed by atoms with E-state index in [1.165, 1.54) is 5.56 Å². The molecule has 1 aromatic carbocycles. The molecule has 1 aliphatic rings. The van der Waals surface area contributed by atoms with Gasteiger partial charge >= 0.3 is 0 Å². The molecular weight excluding hydrogens is 238 g/mol. The van der Waals surface area contributed by atoms with Crippen molar-refractivity contribution in [2.24, 2.45) is 0 Å². The highest BCUT2D eigenvalue weighted by Crippen LogP contribution is 2.13. The van der Waals surface area contributed by atoms with E-state index in [4.69, 9.17) is 9.47 Å². The highest BCUT2D eigenvalue weighted by atomic mass is 16.5. The van der Waals surface area contributed by atoms with Crippen molar-refractivity contribution >= 4 is 0 Å². The Morgan fingerprint density at radius 1 is 1.21 bits per heavy atom. The lowest BCUT2D eigenvalue weighted by Crippen LogP contribution is -2.38. The summed E-state index contributed by atoms with van der Waals surface area (Å²) in [5, 5.41) is 0. The molecule has 1 heterocycles. The average molecular weight is 261 g/mol. The van der Waals surface area contributed by atoms with E-state index in [-0.39, 0.29) is 0 Å². The van der Waals surface area contributed by atoms with Gasteiger partial charge in [0.05, 0.1) is 13.2 Å². The SMILES string of the molecule is C/C=C/Cc1ccc(OCCN2CCOCC2)cc1. The highest BCUT2D eigenvalue weighted by molar-refractivity contribution is 5.28. The predicted molar refractivity (Wildman–Crippen MR) is 77.7 cm³/mol. The van der Waals surface area contributed by atoms with Gasteiger partial charge in [-0.15, -0.1) is 0 Å². The zero-order valence-corrected chi connectivity index (χ0v) is 11.7. The van der Waals surface area contributed by atoms with Crippen molar-refractivity contribution in [2.45, 2.75) is 13.3 Å². The second kappa shape index (κ2) is 7.97. The summed E-state index contributed by atoms with van der Waals surface area (Å²) in [7, 11) is 0. The van der Waals surface area contributed by atoms with Crippen molar-refractivity contribution in [1.82, 2.24) is 4.90 Å². The van der Waals surface area contributed by atoms with Crippen LogP contribution in [-0.4, -0.2) is 44.4 Å². The number of rotatable bonds is 6. The summed E-state index contributed by atoms with van der Waals surface area (Å²) in [6, 6.07) is 8.37. The van der Waals surface area contributed by atoms with Gasteiger partial charge in [-0.25, -0.2) is 0 Å². The Morgan fingerprint density at radius 3 is 2.63 bits per heavy atom. The molecule has 0 radical (unpaired) electrons. The maximum absolute atomic E-state index is 5.77. The van der Waals surface area contributed by atoms with E-state index in [0.717, 1.165) is 51.6 Å². The van der Waals surface area contributed by atoms with Crippen LogP contribution in [0.3, 0.4) is 0 Å². The van der Waals surface area contributed by atoms with Crippen molar-refractivity contribution in [3.05, 3.63) is 42.0 Å². The van der Waals surface area contributed by atoms with Crippen LogP contribution >= 0.6 is 0 Å². The molecule has 1 aromatic rings. The van der Waals surface area contributed by atoms with E-state index in [1.54, 1.807) is 0 Å². The first kappa shape index (κ1) is 14.1. The normalized spacial score (nSPS) is 16.9. The monoisotopic (exact) mass is 261 g/mol. The van der Waals surface area contributed by atoms with Gasteiger partial charge in [0.1, 0.15) is 12.4 Å². The van der Waals surface area contributed by atoms with Crippen LogP contribution in [-0.2, 0) is 11.2 Å². The summed E-state index contributed by atoms with van der Waals surface area (Å²) < 4.78 is 11.1. The summed E-state index contributed by atoms with van der Waals surface area (Å²) in [5.41, 5.74) is 1.32. The first-order chi connectivity index (χ1) is 9.38. The van der Waals surface area contributed by atoms with Crippen molar-refractivity contribution in [3.8, 4) is 5.75 Å². The molecule has 0 aliphatic carbocycles. The number of hydrogen-bond acceptors (Lipinski definition) is 3. The topological polar surface area (TPSA) is 21.7 Å². The van der Waals surface area contributed by atoms with E-state index >= 15 is 0 Å². The fraction of sp³-hybridized carbons (Fsp3) is 0.500. The molecule has 0 spiro atoms. The standard InChI is InChI=1S/C16H23NO2/c1-2-3-4-15-5-7-16(8-6-15)19-14-11-17-9-12-18-13-10-17/h2-3,5-8H,4,9-14H2,1H3/b3-2+. The van der Waals surface area contributed by atoms with Gasteiger partial charge < -0.3 is 9.47 Å². The Balaban J connectivity index is 1.70. The molecule has 0 saturated carbocycles. The molecule has 0 aromatic heterocycles. The predicted octanol–water partition coefficient (Wildman–Crippen LogP) is 2.52. The van der Waals surface area contributed by atoms with E-state index < -0.39 is 0 Å². The molecular formula is C16H23NO2. The summed E-state index contributed by atoms with van der Waals surface area (Å²) in [6.07, 6.45) is 5.23. The second-order valence-electron chi connectivity index (χ2n) is 4.72. The molecule has 1 saturated heterocycles. The smallest absolute Gasteiger partial charge is 0.119 e. The molecule has 0 atom stereocenters. The third-order valence-electron chi connectivity index (χ3n) is 3.29. The fourth-order valence-corrected chi connectivity index (χ4v) is 2.09. The molecule has 2 rings (SSSR count). The van der Waals surface area contributed by atoms with Crippen LogP contribution in [0.4, 0.5) is 0 Å². The number of ether oxygens (including phenoxy) is 2. The molecule has 104 valence electrons. The molecule has 3 heteroatoms. The Morgan fingerprint density at radius 2 is 1.95 bits per heavy atom. The first-order valence-electron chi connectivity index (χ1n) is 7.01. The third-order valence-corrected chi connectivity index (χ3v) is 3.29. The summed E-state index contributed by atoms with van der Waals surface area (Å²) in [6.45, 7) is 7.50. The van der Waals surface area contributed by atoms with E-state index in [1.807, 2.05) is 6.92 Å². The minimum atomic E-state index is 0.744. The van der Waals surface area contributed by atoms with E-state index in [9.17, 15) is 0 Å². The summed E-state index contributed by atoms with van der Waals surface area (Å²) >= 11 is 0. The summed E-state index contributed by atoms with van der Waals surface area (Å²) in [5.74, 6) is 0.956. The van der Waals surface area contributed by atoms with Gasteiger partial charge in [-0.1, -0.05) is 24.3 Å². The van der Waals surface area contributed by atoms with Crippen LogP contribution in [0.2, 0.25) is 0 Å². The van der Waals surface area contributed by atoms with E-state index in [2.05, 4.69) is 41.3 Å². The molecule has 0 N–H and O–H groups in total. The van der Waals surface area contributed by atoms with Gasteiger partial charge in [0, 0.05) is 19.6 Å². The van der Waals surface area contributed by atoms with Crippen LogP contribution in [0, 0.1) is 0 Å². The van der Waals surface area contributed by atoms with Crippen molar-refractivity contribution < 1.29 is 9.47 Å². The second-order valence-corrected chi connectivity index (χ2v) is 4.72. The number of morpholine rings is 1. The van der Waals surface area contributed by atoms with E-state index in [0.29, 0.717) is 0 Å². The van der Waals surface area contributed by atoms with Gasteiger partial charge in [-0.2, -0.15) is 0 Å². The average Bonchev–Trinajstić information content (AvgIpc) is 2.47. The molecule has 0 bridgehead atoms. The van der Waals surface area contributed by atoms with Crippen molar-refractivity contribution in [1.29, 1.82) is 0 Å².